The number of hydrogen-bond donors (Lipinski definition) is 2. The van der Waals surface area contributed by atoms with Gasteiger partial charge in [0.1, 0.15) is 5.76 Å². The molecular weight excluding hydrogens is 453 g/mol. The molecule has 1 heterocycles. The quantitative estimate of drug-likeness (QED) is 0.340. The van der Waals surface area contributed by atoms with E-state index in [1.54, 1.807) is 7.05 Å². The van der Waals surface area contributed by atoms with Gasteiger partial charge < -0.3 is 15.1 Å². The van der Waals surface area contributed by atoms with E-state index in [1.807, 2.05) is 13.8 Å². The monoisotopic (exact) mass is 485 g/mol. The maximum Gasteiger partial charge on any atom is 0.214 e. The molecule has 7 heteroatoms. The molecule has 0 radical (unpaired) electrons. The summed E-state index contributed by atoms with van der Waals surface area (Å²) in [5, 5.41) is 6.71. The van der Waals surface area contributed by atoms with Crippen LogP contribution in [0, 0.1) is 13.8 Å². The van der Waals surface area contributed by atoms with Crippen LogP contribution in [-0.2, 0) is 6.54 Å². The Hall–Kier alpha value is -1.61. The molecule has 0 bridgehead atoms. The zero-order chi connectivity index (χ0) is 18.9. The topological polar surface area (TPSA) is 65.7 Å². The van der Waals surface area contributed by atoms with Crippen molar-refractivity contribution in [2.75, 3.05) is 26.7 Å². The molecule has 1 atom stereocenters. The van der Waals surface area contributed by atoms with Gasteiger partial charge in [0, 0.05) is 13.6 Å². The lowest BCUT2D eigenvalue weighted by atomic mass is 10.1. The van der Waals surface area contributed by atoms with Crippen molar-refractivity contribution in [2.45, 2.75) is 40.3 Å². The molecule has 27 heavy (non-hydrogen) atoms. The Morgan fingerprint density at radius 1 is 1.15 bits per heavy atom. The first-order valence-electron chi connectivity index (χ1n) is 9.25. The molecule has 150 valence electrons. The zero-order valence-corrected chi connectivity index (χ0v) is 19.3. The molecule has 1 aromatic carbocycles. The van der Waals surface area contributed by atoms with E-state index in [0.29, 0.717) is 12.4 Å². The molecule has 0 aliphatic heterocycles. The van der Waals surface area contributed by atoms with Gasteiger partial charge in [-0.05, 0) is 32.5 Å². The Labute approximate surface area is 179 Å². The Morgan fingerprint density at radius 2 is 1.81 bits per heavy atom. The summed E-state index contributed by atoms with van der Waals surface area (Å²) < 4.78 is 5.61. The highest BCUT2D eigenvalue weighted by Crippen LogP contribution is 2.19. The van der Waals surface area contributed by atoms with Crippen LogP contribution < -0.4 is 10.6 Å². The zero-order valence-electron chi connectivity index (χ0n) is 17.0. The van der Waals surface area contributed by atoms with Crippen molar-refractivity contribution in [3.05, 3.63) is 53.2 Å². The van der Waals surface area contributed by atoms with Crippen molar-refractivity contribution in [1.29, 1.82) is 0 Å². The highest BCUT2D eigenvalue weighted by atomic mass is 127. The number of guanidine groups is 1. The van der Waals surface area contributed by atoms with Crippen LogP contribution in [0.4, 0.5) is 0 Å². The van der Waals surface area contributed by atoms with Crippen molar-refractivity contribution in [3.63, 3.8) is 0 Å². The molecule has 1 aromatic heterocycles. The first-order chi connectivity index (χ1) is 12.6. The number of oxazole rings is 1. The minimum Gasteiger partial charge on any atom is -0.444 e. The number of nitrogens with zero attached hydrogens (tertiary/aromatic N) is 3. The molecular formula is C20H32IN5O. The highest BCUT2D eigenvalue weighted by Gasteiger charge is 2.18. The number of aliphatic imine (C=N–C) groups is 1. The summed E-state index contributed by atoms with van der Waals surface area (Å²) in [5.41, 5.74) is 2.23. The van der Waals surface area contributed by atoms with Crippen LogP contribution in [0.25, 0.3) is 0 Å². The Kier molecular flexibility index (Phi) is 10.4. The molecule has 0 fully saturated rings. The number of rotatable bonds is 8. The van der Waals surface area contributed by atoms with Gasteiger partial charge >= 0.3 is 0 Å². The first kappa shape index (κ1) is 23.4. The lowest BCUT2D eigenvalue weighted by molar-refractivity contribution is 0.219. The van der Waals surface area contributed by atoms with Gasteiger partial charge in [0.25, 0.3) is 0 Å². The van der Waals surface area contributed by atoms with Crippen molar-refractivity contribution in [2.24, 2.45) is 4.99 Å². The van der Waals surface area contributed by atoms with Gasteiger partial charge in [0.2, 0.25) is 5.89 Å². The second-order valence-electron chi connectivity index (χ2n) is 6.20. The largest absolute Gasteiger partial charge is 0.444 e. The predicted octanol–water partition coefficient (Wildman–Crippen LogP) is 3.66. The van der Waals surface area contributed by atoms with E-state index in [-0.39, 0.29) is 30.0 Å². The second-order valence-corrected chi connectivity index (χ2v) is 6.20. The fourth-order valence-corrected chi connectivity index (χ4v) is 2.99. The normalized spacial score (nSPS) is 12.6. The van der Waals surface area contributed by atoms with E-state index >= 15 is 0 Å². The Balaban J connectivity index is 0.00000364. The highest BCUT2D eigenvalue weighted by molar-refractivity contribution is 14.0. The van der Waals surface area contributed by atoms with Crippen LogP contribution in [0.2, 0.25) is 0 Å². The number of aryl methyl sites for hydroxylation is 2. The smallest absolute Gasteiger partial charge is 0.214 e. The maximum atomic E-state index is 5.61. The average Bonchev–Trinajstić information content (AvgIpc) is 2.99. The third-order valence-corrected chi connectivity index (χ3v) is 4.60. The molecule has 0 saturated carbocycles. The van der Waals surface area contributed by atoms with Crippen LogP contribution in [0.1, 0.15) is 42.8 Å². The third kappa shape index (κ3) is 6.80. The Bertz CT molecular complexity index is 678. The van der Waals surface area contributed by atoms with E-state index in [9.17, 15) is 0 Å². The molecule has 2 aromatic rings. The van der Waals surface area contributed by atoms with E-state index in [1.165, 1.54) is 5.56 Å². The Morgan fingerprint density at radius 3 is 2.33 bits per heavy atom. The van der Waals surface area contributed by atoms with Crippen LogP contribution in [-0.4, -0.2) is 42.5 Å². The van der Waals surface area contributed by atoms with Crippen molar-refractivity contribution in [3.8, 4) is 0 Å². The molecule has 0 saturated heterocycles. The fourth-order valence-electron chi connectivity index (χ4n) is 2.99. The van der Waals surface area contributed by atoms with Crippen LogP contribution in [0.3, 0.4) is 0 Å². The molecule has 2 rings (SSSR count). The number of benzene rings is 1. The predicted molar refractivity (Wildman–Crippen MR) is 122 cm³/mol. The van der Waals surface area contributed by atoms with Crippen molar-refractivity contribution in [1.82, 2.24) is 20.5 Å². The number of hydrogen-bond acceptors (Lipinski definition) is 4. The third-order valence-electron chi connectivity index (χ3n) is 4.60. The molecule has 0 amide bonds. The molecule has 1 unspecified atom stereocenters. The van der Waals surface area contributed by atoms with Crippen LogP contribution >= 0.6 is 24.0 Å². The summed E-state index contributed by atoms with van der Waals surface area (Å²) in [4.78, 5) is 11.2. The second kappa shape index (κ2) is 12.0. The summed E-state index contributed by atoms with van der Waals surface area (Å²) in [6.07, 6.45) is 0. The molecule has 0 spiro atoms. The molecule has 2 N–H and O–H groups in total. The summed E-state index contributed by atoms with van der Waals surface area (Å²) in [6.45, 7) is 11.5. The summed E-state index contributed by atoms with van der Waals surface area (Å²) in [7, 11) is 1.77. The van der Waals surface area contributed by atoms with E-state index in [2.05, 4.69) is 69.7 Å². The molecule has 6 nitrogen and oxygen atoms in total. The minimum absolute atomic E-state index is 0. The van der Waals surface area contributed by atoms with Crippen molar-refractivity contribution < 1.29 is 4.42 Å². The van der Waals surface area contributed by atoms with Gasteiger partial charge in [-0.2, -0.15) is 0 Å². The number of halogens is 1. The molecule has 0 aliphatic rings. The lowest BCUT2D eigenvalue weighted by Gasteiger charge is -2.30. The number of likely N-dealkylation sites (N-methyl/N-ethyl adjacent to an activating group) is 1. The fraction of sp³-hybridized carbons (Fsp3) is 0.500. The van der Waals surface area contributed by atoms with Gasteiger partial charge in [-0.25, -0.2) is 4.98 Å². The molecule has 0 aliphatic carbocycles. The summed E-state index contributed by atoms with van der Waals surface area (Å²) >= 11 is 0. The van der Waals surface area contributed by atoms with Gasteiger partial charge in [-0.3, -0.25) is 9.89 Å². The van der Waals surface area contributed by atoms with Crippen LogP contribution in [0.5, 0.6) is 0 Å². The van der Waals surface area contributed by atoms with Gasteiger partial charge in [0.15, 0.2) is 5.96 Å². The average molecular weight is 485 g/mol. The van der Waals surface area contributed by atoms with E-state index in [0.717, 1.165) is 37.0 Å². The van der Waals surface area contributed by atoms with E-state index < -0.39 is 0 Å². The van der Waals surface area contributed by atoms with Crippen molar-refractivity contribution >= 4 is 29.9 Å². The standard InChI is InChI=1S/C20H31N5O.HI/c1-6-25(7-2)18(17-11-9-8-10-12-17)13-22-20(21-5)23-14-19-24-15(3)16(4)26-19;/h8-12,18H,6-7,13-14H2,1-5H3,(H2,21,22,23);1H. The van der Waals surface area contributed by atoms with Gasteiger partial charge in [0.05, 0.1) is 18.3 Å². The maximum absolute atomic E-state index is 5.61. The van der Waals surface area contributed by atoms with Gasteiger partial charge in [-0.1, -0.05) is 44.2 Å². The summed E-state index contributed by atoms with van der Waals surface area (Å²) in [6, 6.07) is 10.9. The summed E-state index contributed by atoms with van der Waals surface area (Å²) in [5.74, 6) is 2.27. The lowest BCUT2D eigenvalue weighted by Crippen LogP contribution is -2.43. The SMILES string of the molecule is CCN(CC)C(CNC(=NC)NCc1nc(C)c(C)o1)c1ccccc1.I. The minimum atomic E-state index is 0. The van der Waals surface area contributed by atoms with Crippen LogP contribution in [0.15, 0.2) is 39.7 Å². The number of aromatic nitrogens is 1. The van der Waals surface area contributed by atoms with E-state index in [4.69, 9.17) is 4.42 Å². The van der Waals surface area contributed by atoms with Gasteiger partial charge in [-0.15, -0.1) is 24.0 Å². The first-order valence-corrected chi connectivity index (χ1v) is 9.25. The number of nitrogens with one attached hydrogen (secondary N) is 2.